The molecule has 0 saturated carbocycles. The van der Waals surface area contributed by atoms with Gasteiger partial charge in [0, 0.05) is 0 Å². The highest BCUT2D eigenvalue weighted by atomic mass is 16.4. The molecular formula is C16H22O2. The number of carboxylic acid groups (broad SMARTS) is 1. The van der Waals surface area contributed by atoms with Crippen LogP contribution in [-0.2, 0) is 11.2 Å². The topological polar surface area (TPSA) is 37.3 Å². The van der Waals surface area contributed by atoms with E-state index < -0.39 is 5.97 Å². The average molecular weight is 246 g/mol. The number of rotatable bonds is 8. The van der Waals surface area contributed by atoms with Crippen LogP contribution in [0.15, 0.2) is 42.5 Å². The monoisotopic (exact) mass is 246 g/mol. The lowest BCUT2D eigenvalue weighted by Crippen LogP contribution is -2.12. The molecule has 1 aromatic carbocycles. The minimum absolute atomic E-state index is 0.219. The molecular weight excluding hydrogens is 224 g/mol. The van der Waals surface area contributed by atoms with Gasteiger partial charge in [-0.25, -0.2) is 0 Å². The lowest BCUT2D eigenvalue weighted by Gasteiger charge is -2.07. The van der Waals surface area contributed by atoms with Gasteiger partial charge in [0.05, 0.1) is 5.92 Å². The first-order valence-electron chi connectivity index (χ1n) is 6.65. The van der Waals surface area contributed by atoms with Crippen molar-refractivity contribution in [1.82, 2.24) is 0 Å². The van der Waals surface area contributed by atoms with E-state index >= 15 is 0 Å². The van der Waals surface area contributed by atoms with E-state index in [2.05, 4.69) is 18.2 Å². The van der Waals surface area contributed by atoms with Crippen molar-refractivity contribution in [3.8, 4) is 0 Å². The summed E-state index contributed by atoms with van der Waals surface area (Å²) < 4.78 is 0. The summed E-state index contributed by atoms with van der Waals surface area (Å²) in [4.78, 5) is 10.9. The first-order chi connectivity index (χ1) is 8.74. The highest BCUT2D eigenvalue weighted by Gasteiger charge is 2.13. The van der Waals surface area contributed by atoms with Crippen molar-refractivity contribution in [1.29, 1.82) is 0 Å². The molecule has 2 nitrogen and oxygen atoms in total. The smallest absolute Gasteiger partial charge is 0.306 e. The number of allylic oxidation sites excluding steroid dienone is 2. The molecule has 1 aromatic rings. The van der Waals surface area contributed by atoms with Crippen molar-refractivity contribution < 1.29 is 9.90 Å². The summed E-state index contributed by atoms with van der Waals surface area (Å²) >= 11 is 0. The van der Waals surface area contributed by atoms with E-state index in [1.54, 1.807) is 0 Å². The van der Waals surface area contributed by atoms with Gasteiger partial charge in [-0.2, -0.15) is 0 Å². The van der Waals surface area contributed by atoms with Crippen LogP contribution in [0.2, 0.25) is 0 Å². The highest BCUT2D eigenvalue weighted by molar-refractivity contribution is 5.70. The second kappa shape index (κ2) is 8.51. The van der Waals surface area contributed by atoms with E-state index in [1.165, 1.54) is 5.56 Å². The van der Waals surface area contributed by atoms with E-state index in [1.807, 2.05) is 31.2 Å². The second-order valence-electron chi connectivity index (χ2n) is 4.56. The van der Waals surface area contributed by atoms with E-state index in [0.29, 0.717) is 6.42 Å². The van der Waals surface area contributed by atoms with Crippen molar-refractivity contribution in [3.63, 3.8) is 0 Å². The van der Waals surface area contributed by atoms with Crippen LogP contribution in [0.1, 0.15) is 38.2 Å². The fourth-order valence-corrected chi connectivity index (χ4v) is 1.96. The summed E-state index contributed by atoms with van der Waals surface area (Å²) in [5, 5.41) is 9.01. The fraction of sp³-hybridized carbons (Fsp3) is 0.438. The number of aliphatic carboxylic acids is 1. The Kier molecular flexibility index (Phi) is 6.85. The number of carbonyl (C=O) groups is 1. The molecule has 0 spiro atoms. The van der Waals surface area contributed by atoms with E-state index in [0.717, 1.165) is 25.7 Å². The van der Waals surface area contributed by atoms with Crippen molar-refractivity contribution in [2.24, 2.45) is 5.92 Å². The normalized spacial score (nSPS) is 12.7. The largest absolute Gasteiger partial charge is 0.481 e. The predicted octanol–water partition coefficient (Wildman–Crippen LogP) is 4.07. The second-order valence-corrected chi connectivity index (χ2v) is 4.56. The van der Waals surface area contributed by atoms with Crippen LogP contribution in [0, 0.1) is 5.92 Å². The first kappa shape index (κ1) is 14.5. The van der Waals surface area contributed by atoms with E-state index in [4.69, 9.17) is 5.11 Å². The Balaban J connectivity index is 2.26. The Bertz CT molecular complexity index is 368. The lowest BCUT2D eigenvalue weighted by atomic mass is 9.99. The average Bonchev–Trinajstić information content (AvgIpc) is 2.38. The van der Waals surface area contributed by atoms with Crippen LogP contribution in [0.3, 0.4) is 0 Å². The maximum absolute atomic E-state index is 10.9. The van der Waals surface area contributed by atoms with Gasteiger partial charge in [-0.05, 0) is 31.2 Å². The molecule has 0 saturated heterocycles. The molecule has 98 valence electrons. The summed E-state index contributed by atoms with van der Waals surface area (Å²) in [6.07, 6.45) is 8.44. The molecule has 0 aliphatic heterocycles. The zero-order valence-electron chi connectivity index (χ0n) is 11.0. The number of aryl methyl sites for hydroxylation is 1. The third-order valence-corrected chi connectivity index (χ3v) is 3.02. The van der Waals surface area contributed by atoms with Gasteiger partial charge < -0.3 is 5.11 Å². The minimum atomic E-state index is -0.676. The molecule has 1 unspecified atom stereocenters. The highest BCUT2D eigenvalue weighted by Crippen LogP contribution is 2.12. The van der Waals surface area contributed by atoms with Crippen molar-refractivity contribution in [2.75, 3.05) is 0 Å². The van der Waals surface area contributed by atoms with Crippen LogP contribution in [-0.4, -0.2) is 11.1 Å². The zero-order valence-corrected chi connectivity index (χ0v) is 11.0. The Morgan fingerprint density at radius 3 is 2.61 bits per heavy atom. The predicted molar refractivity (Wildman–Crippen MR) is 74.6 cm³/mol. The van der Waals surface area contributed by atoms with Crippen LogP contribution in [0.25, 0.3) is 0 Å². The Hall–Kier alpha value is -1.57. The third-order valence-electron chi connectivity index (χ3n) is 3.02. The number of carboxylic acids is 1. The van der Waals surface area contributed by atoms with Crippen molar-refractivity contribution in [3.05, 3.63) is 48.0 Å². The summed E-state index contributed by atoms with van der Waals surface area (Å²) in [7, 11) is 0. The maximum Gasteiger partial charge on any atom is 0.306 e. The van der Waals surface area contributed by atoms with Crippen LogP contribution in [0.4, 0.5) is 0 Å². The van der Waals surface area contributed by atoms with Crippen molar-refractivity contribution in [2.45, 2.75) is 39.0 Å². The Labute approximate surface area is 109 Å². The van der Waals surface area contributed by atoms with Crippen LogP contribution >= 0.6 is 0 Å². The van der Waals surface area contributed by atoms with Gasteiger partial charge >= 0.3 is 5.97 Å². The van der Waals surface area contributed by atoms with Gasteiger partial charge in [0.1, 0.15) is 0 Å². The molecule has 2 heteroatoms. The zero-order chi connectivity index (χ0) is 13.2. The number of hydrogen-bond donors (Lipinski definition) is 1. The molecule has 0 amide bonds. The Morgan fingerprint density at radius 2 is 2.00 bits per heavy atom. The molecule has 0 fully saturated rings. The third kappa shape index (κ3) is 5.67. The molecule has 0 radical (unpaired) electrons. The number of benzene rings is 1. The molecule has 1 N–H and O–H groups in total. The summed E-state index contributed by atoms with van der Waals surface area (Å²) in [5.41, 5.74) is 1.32. The van der Waals surface area contributed by atoms with Gasteiger partial charge in [0.15, 0.2) is 0 Å². The lowest BCUT2D eigenvalue weighted by molar-refractivity contribution is -0.141. The van der Waals surface area contributed by atoms with Gasteiger partial charge in [-0.3, -0.25) is 4.79 Å². The molecule has 0 aromatic heterocycles. The summed E-state index contributed by atoms with van der Waals surface area (Å²) in [6, 6.07) is 10.3. The fourth-order valence-electron chi connectivity index (χ4n) is 1.96. The Morgan fingerprint density at radius 1 is 1.28 bits per heavy atom. The molecule has 0 aliphatic rings. The van der Waals surface area contributed by atoms with Gasteiger partial charge in [0.25, 0.3) is 0 Å². The van der Waals surface area contributed by atoms with Crippen molar-refractivity contribution >= 4 is 5.97 Å². The molecule has 0 heterocycles. The van der Waals surface area contributed by atoms with Gasteiger partial charge in [-0.15, -0.1) is 0 Å². The molecule has 18 heavy (non-hydrogen) atoms. The van der Waals surface area contributed by atoms with Crippen LogP contribution < -0.4 is 0 Å². The summed E-state index contributed by atoms with van der Waals surface area (Å²) in [5.74, 6) is -0.896. The quantitative estimate of drug-likeness (QED) is 0.702. The molecule has 1 rings (SSSR count). The molecule has 1 atom stereocenters. The minimum Gasteiger partial charge on any atom is -0.481 e. The summed E-state index contributed by atoms with van der Waals surface area (Å²) in [6.45, 7) is 2.02. The van der Waals surface area contributed by atoms with Gasteiger partial charge in [-0.1, -0.05) is 55.8 Å². The number of hydrogen-bond acceptors (Lipinski definition) is 1. The van der Waals surface area contributed by atoms with E-state index in [9.17, 15) is 4.79 Å². The standard InChI is InChI=1S/C16H22O2/c1-2-9-15(16(17)18)13-8-4-7-12-14-10-5-3-6-11-14/h3-6,8,10-11,15H,2,7,9,12-13H2,1H3,(H,17,18)/b8-4-. The molecule has 0 aliphatic carbocycles. The van der Waals surface area contributed by atoms with Gasteiger partial charge in [0.2, 0.25) is 0 Å². The SMILES string of the molecule is CCCC(C/C=C\CCc1ccccc1)C(=O)O. The maximum atomic E-state index is 10.9. The van der Waals surface area contributed by atoms with E-state index in [-0.39, 0.29) is 5.92 Å². The first-order valence-corrected chi connectivity index (χ1v) is 6.65. The molecule has 0 bridgehead atoms. The van der Waals surface area contributed by atoms with Crippen LogP contribution in [0.5, 0.6) is 0 Å².